The maximum Gasteiger partial charge on any atom is 0.164 e. The van der Waals surface area contributed by atoms with E-state index in [9.17, 15) is 0 Å². The Balaban J connectivity index is 1.93. The molecule has 0 aliphatic rings. The second-order valence-electron chi connectivity index (χ2n) is 3.61. The third-order valence-corrected chi connectivity index (χ3v) is 2.92. The van der Waals surface area contributed by atoms with Gasteiger partial charge >= 0.3 is 0 Å². The highest BCUT2D eigenvalue weighted by Gasteiger charge is 2.11. The number of aromatic nitrogens is 3. The summed E-state index contributed by atoms with van der Waals surface area (Å²) in [6.07, 6.45) is 1.70. The van der Waals surface area contributed by atoms with E-state index in [1.807, 2.05) is 23.7 Å². The Bertz CT molecular complexity index is 465. The molecule has 0 fully saturated rings. The van der Waals surface area contributed by atoms with Crippen LogP contribution in [0.5, 0.6) is 0 Å². The molecule has 0 radical (unpaired) electrons. The van der Waals surface area contributed by atoms with E-state index in [1.165, 1.54) is 0 Å². The number of nitrogens with one attached hydrogen (secondary N) is 1. The lowest BCUT2D eigenvalue weighted by molar-refractivity contribution is 0.435. The van der Waals surface area contributed by atoms with Crippen LogP contribution in [0.15, 0.2) is 22.9 Å². The van der Waals surface area contributed by atoms with E-state index >= 15 is 0 Å². The summed E-state index contributed by atoms with van der Waals surface area (Å²) in [5.74, 6) is 1.85. The molecule has 1 unspecified atom stereocenters. The van der Waals surface area contributed by atoms with E-state index in [0.29, 0.717) is 6.54 Å². The number of furan rings is 1. The molecule has 0 aromatic carbocycles. The predicted molar refractivity (Wildman–Crippen MR) is 67.7 cm³/mol. The van der Waals surface area contributed by atoms with Gasteiger partial charge in [-0.3, -0.25) is 0 Å². The van der Waals surface area contributed by atoms with Crippen molar-refractivity contribution >= 4 is 22.6 Å². The molecule has 0 amide bonds. The van der Waals surface area contributed by atoms with Crippen LogP contribution in [-0.4, -0.2) is 14.8 Å². The summed E-state index contributed by atoms with van der Waals surface area (Å²) in [6.45, 7) is 2.74. The Kier molecular flexibility index (Phi) is 3.59. The SMILES string of the molecule is CC(NCc1ccc(I)o1)c1nncn1C. The van der Waals surface area contributed by atoms with Crippen molar-refractivity contribution in [3.05, 3.63) is 33.8 Å². The quantitative estimate of drug-likeness (QED) is 0.869. The van der Waals surface area contributed by atoms with Gasteiger partial charge in [0.1, 0.15) is 17.9 Å². The van der Waals surface area contributed by atoms with E-state index in [1.54, 1.807) is 6.33 Å². The van der Waals surface area contributed by atoms with Gasteiger partial charge in [-0.25, -0.2) is 0 Å². The van der Waals surface area contributed by atoms with Gasteiger partial charge in [0.15, 0.2) is 3.77 Å². The van der Waals surface area contributed by atoms with Crippen molar-refractivity contribution in [1.29, 1.82) is 0 Å². The Labute approximate surface area is 107 Å². The molecule has 0 bridgehead atoms. The van der Waals surface area contributed by atoms with Gasteiger partial charge in [0, 0.05) is 7.05 Å². The standard InChI is InChI=1S/C10H13IN4O/c1-7(10-14-13-6-15(10)2)12-5-8-3-4-9(11)16-8/h3-4,6-7,12H,5H2,1-2H3. The molecule has 0 aliphatic carbocycles. The summed E-state index contributed by atoms with van der Waals surface area (Å²) in [5, 5.41) is 11.2. The Morgan fingerprint density at radius 3 is 2.94 bits per heavy atom. The van der Waals surface area contributed by atoms with Crippen LogP contribution >= 0.6 is 22.6 Å². The van der Waals surface area contributed by atoms with Gasteiger partial charge in [0.05, 0.1) is 12.6 Å². The summed E-state index contributed by atoms with van der Waals surface area (Å²) >= 11 is 2.15. The van der Waals surface area contributed by atoms with Crippen LogP contribution in [0.4, 0.5) is 0 Å². The molecule has 0 spiro atoms. The summed E-state index contributed by atoms with van der Waals surface area (Å²) in [6, 6.07) is 4.07. The first-order valence-electron chi connectivity index (χ1n) is 4.98. The number of nitrogens with zero attached hydrogens (tertiary/aromatic N) is 3. The molecule has 0 aliphatic heterocycles. The highest BCUT2D eigenvalue weighted by molar-refractivity contribution is 14.1. The fourth-order valence-electron chi connectivity index (χ4n) is 1.48. The van der Waals surface area contributed by atoms with Gasteiger partial charge in [-0.15, -0.1) is 10.2 Å². The van der Waals surface area contributed by atoms with Crippen LogP contribution in [0.2, 0.25) is 0 Å². The number of rotatable bonds is 4. The summed E-state index contributed by atoms with van der Waals surface area (Å²) < 4.78 is 8.27. The van der Waals surface area contributed by atoms with Gasteiger partial charge < -0.3 is 14.3 Å². The van der Waals surface area contributed by atoms with Crippen LogP contribution < -0.4 is 5.32 Å². The summed E-state index contributed by atoms with van der Waals surface area (Å²) in [7, 11) is 1.93. The van der Waals surface area contributed by atoms with Crippen LogP contribution in [0.25, 0.3) is 0 Å². The molecule has 0 saturated heterocycles. The second kappa shape index (κ2) is 4.96. The molecule has 5 nitrogen and oxygen atoms in total. The number of halogens is 1. The third kappa shape index (κ3) is 2.62. The molecule has 0 saturated carbocycles. The maximum atomic E-state index is 5.46. The maximum absolute atomic E-state index is 5.46. The molecular weight excluding hydrogens is 319 g/mol. The summed E-state index contributed by atoms with van der Waals surface area (Å²) in [5.41, 5.74) is 0. The minimum atomic E-state index is 0.148. The normalized spacial score (nSPS) is 12.9. The van der Waals surface area contributed by atoms with E-state index in [-0.39, 0.29) is 6.04 Å². The molecule has 2 heterocycles. The first-order chi connectivity index (χ1) is 7.66. The van der Waals surface area contributed by atoms with Crippen LogP contribution in [-0.2, 0) is 13.6 Å². The van der Waals surface area contributed by atoms with Gasteiger partial charge in [-0.05, 0) is 41.6 Å². The zero-order valence-electron chi connectivity index (χ0n) is 9.14. The minimum Gasteiger partial charge on any atom is -0.454 e. The molecule has 1 N–H and O–H groups in total. The zero-order chi connectivity index (χ0) is 11.5. The van der Waals surface area contributed by atoms with Crippen LogP contribution in [0.3, 0.4) is 0 Å². The van der Waals surface area contributed by atoms with Crippen molar-refractivity contribution in [2.24, 2.45) is 7.05 Å². The lowest BCUT2D eigenvalue weighted by Crippen LogP contribution is -2.20. The van der Waals surface area contributed by atoms with Crippen LogP contribution in [0, 0.1) is 3.77 Å². The number of aryl methyl sites for hydroxylation is 1. The van der Waals surface area contributed by atoms with E-state index in [2.05, 4.69) is 45.0 Å². The Morgan fingerprint density at radius 2 is 2.38 bits per heavy atom. The lowest BCUT2D eigenvalue weighted by Gasteiger charge is -2.11. The Hall–Kier alpha value is -0.890. The lowest BCUT2D eigenvalue weighted by atomic mass is 10.3. The van der Waals surface area contributed by atoms with Crippen molar-refractivity contribution in [2.75, 3.05) is 0 Å². The molecule has 16 heavy (non-hydrogen) atoms. The largest absolute Gasteiger partial charge is 0.454 e. The fraction of sp³-hybridized carbons (Fsp3) is 0.400. The molecule has 2 aromatic rings. The molecule has 2 aromatic heterocycles. The van der Waals surface area contributed by atoms with Gasteiger partial charge in [0.25, 0.3) is 0 Å². The highest BCUT2D eigenvalue weighted by atomic mass is 127. The monoisotopic (exact) mass is 332 g/mol. The van der Waals surface area contributed by atoms with Crippen molar-refractivity contribution < 1.29 is 4.42 Å². The molecule has 6 heteroatoms. The predicted octanol–water partition coefficient (Wildman–Crippen LogP) is 1.86. The van der Waals surface area contributed by atoms with Crippen molar-refractivity contribution in [2.45, 2.75) is 19.5 Å². The molecular formula is C10H13IN4O. The fourth-order valence-corrected chi connectivity index (χ4v) is 1.94. The molecule has 2 rings (SSSR count). The average Bonchev–Trinajstić information content (AvgIpc) is 2.84. The van der Waals surface area contributed by atoms with Crippen LogP contribution in [0.1, 0.15) is 24.6 Å². The summed E-state index contributed by atoms with van der Waals surface area (Å²) in [4.78, 5) is 0. The number of hydrogen-bond donors (Lipinski definition) is 1. The van der Waals surface area contributed by atoms with E-state index < -0.39 is 0 Å². The van der Waals surface area contributed by atoms with Gasteiger partial charge in [0.2, 0.25) is 0 Å². The zero-order valence-corrected chi connectivity index (χ0v) is 11.3. The minimum absolute atomic E-state index is 0.148. The van der Waals surface area contributed by atoms with Crippen molar-refractivity contribution in [3.63, 3.8) is 0 Å². The highest BCUT2D eigenvalue weighted by Crippen LogP contribution is 2.12. The van der Waals surface area contributed by atoms with E-state index in [0.717, 1.165) is 15.4 Å². The van der Waals surface area contributed by atoms with Gasteiger partial charge in [-0.1, -0.05) is 0 Å². The Morgan fingerprint density at radius 1 is 1.56 bits per heavy atom. The molecule has 86 valence electrons. The average molecular weight is 332 g/mol. The van der Waals surface area contributed by atoms with Crippen molar-refractivity contribution in [3.8, 4) is 0 Å². The van der Waals surface area contributed by atoms with Crippen molar-refractivity contribution in [1.82, 2.24) is 20.1 Å². The second-order valence-corrected chi connectivity index (χ2v) is 4.67. The molecule has 1 atom stereocenters. The smallest absolute Gasteiger partial charge is 0.164 e. The topological polar surface area (TPSA) is 55.9 Å². The first kappa shape index (κ1) is 11.6. The van der Waals surface area contributed by atoms with Gasteiger partial charge in [-0.2, -0.15) is 0 Å². The third-order valence-electron chi connectivity index (χ3n) is 2.35. The van der Waals surface area contributed by atoms with E-state index in [4.69, 9.17) is 4.42 Å². The number of hydrogen-bond acceptors (Lipinski definition) is 4. The first-order valence-corrected chi connectivity index (χ1v) is 6.06.